The van der Waals surface area contributed by atoms with Crippen LogP contribution in [0.4, 0.5) is 26.3 Å². The number of nitrogens with one attached hydrogen (secondary N) is 1. The van der Waals surface area contributed by atoms with Crippen LogP contribution in [0, 0.1) is 62.1 Å². The van der Waals surface area contributed by atoms with Gasteiger partial charge in [-0.15, -0.1) is 0 Å². The zero-order valence-electron chi connectivity index (χ0n) is 23.1. The number of hydrogen-bond donors (Lipinski definition) is 1. The lowest BCUT2D eigenvalue weighted by atomic mass is 9.88. The van der Waals surface area contributed by atoms with Crippen LogP contribution in [-0.2, 0) is 9.47 Å². The molecule has 0 fully saturated rings. The van der Waals surface area contributed by atoms with E-state index in [1.807, 2.05) is 0 Å². The van der Waals surface area contributed by atoms with E-state index < -0.39 is 68.5 Å². The minimum Gasteiger partial charge on any atom is -0.470 e. The number of nitriles is 5. The predicted octanol–water partition coefficient (Wildman–Crippen LogP) is 7.37. The summed E-state index contributed by atoms with van der Waals surface area (Å²) in [5.41, 5.74) is -9.98. The number of rotatable bonds is 4. The van der Waals surface area contributed by atoms with Gasteiger partial charge in [0, 0.05) is 22.0 Å². The SMILES string of the molecule is CC1(C(F)(F)F)OC(=C(C#N)C#N)C(C#N)=C1/C=C/C1=C(Cl)C(=C/C=C2\C(C#N)=C(C(=C=N)C#N)OC2(C)C(F)(F)F)/CCC1. The van der Waals surface area contributed by atoms with E-state index in [9.17, 15) is 42.1 Å². The van der Waals surface area contributed by atoms with Gasteiger partial charge in [0.05, 0.1) is 0 Å². The maximum absolute atomic E-state index is 14.1. The Morgan fingerprint density at radius 3 is 1.93 bits per heavy atom. The average molecular weight is 643 g/mol. The van der Waals surface area contributed by atoms with Crippen LogP contribution in [0.1, 0.15) is 33.1 Å². The highest BCUT2D eigenvalue weighted by atomic mass is 35.5. The minimum atomic E-state index is -5.09. The van der Waals surface area contributed by atoms with Gasteiger partial charge in [-0.1, -0.05) is 35.9 Å². The van der Waals surface area contributed by atoms with Gasteiger partial charge in [0.25, 0.3) is 0 Å². The van der Waals surface area contributed by atoms with E-state index in [-0.39, 0.29) is 29.0 Å². The van der Waals surface area contributed by atoms with Crippen LogP contribution in [0.15, 0.2) is 85.4 Å². The summed E-state index contributed by atoms with van der Waals surface area (Å²) in [7, 11) is 0. The van der Waals surface area contributed by atoms with Crippen LogP contribution in [-0.4, -0.2) is 29.4 Å². The average Bonchev–Trinajstić information content (AvgIpc) is 3.44. The molecule has 45 heavy (non-hydrogen) atoms. The maximum Gasteiger partial charge on any atom is 0.432 e. The summed E-state index contributed by atoms with van der Waals surface area (Å²) in [5, 5.41) is 54.0. The predicted molar refractivity (Wildman–Crippen MR) is 144 cm³/mol. The Kier molecular flexibility index (Phi) is 9.29. The summed E-state index contributed by atoms with van der Waals surface area (Å²) in [6, 6.07) is 7.39. The Bertz CT molecular complexity index is 1840. The summed E-state index contributed by atoms with van der Waals surface area (Å²) in [6.45, 7) is 1.26. The molecule has 3 rings (SSSR count). The third-order valence-corrected chi connectivity index (χ3v) is 7.70. The van der Waals surface area contributed by atoms with Gasteiger partial charge in [0.1, 0.15) is 41.5 Å². The molecular weight excluding hydrogens is 626 g/mol. The van der Waals surface area contributed by atoms with Gasteiger partial charge >= 0.3 is 12.4 Å². The Morgan fingerprint density at radius 1 is 0.844 bits per heavy atom. The lowest BCUT2D eigenvalue weighted by molar-refractivity contribution is -0.236. The molecule has 8 nitrogen and oxygen atoms in total. The molecule has 2 unspecified atom stereocenters. The first-order chi connectivity index (χ1) is 21.0. The normalized spacial score (nSPS) is 25.3. The molecule has 3 aliphatic rings. The van der Waals surface area contributed by atoms with Crippen molar-refractivity contribution in [3.63, 3.8) is 0 Å². The molecule has 1 N–H and O–H groups in total. The van der Waals surface area contributed by atoms with Gasteiger partial charge < -0.3 is 9.47 Å². The topological polar surface area (TPSA) is 161 Å². The van der Waals surface area contributed by atoms with E-state index in [0.29, 0.717) is 20.3 Å². The van der Waals surface area contributed by atoms with Crippen molar-refractivity contribution in [2.24, 2.45) is 0 Å². The molecule has 0 saturated heterocycles. The van der Waals surface area contributed by atoms with Crippen LogP contribution >= 0.6 is 11.6 Å². The van der Waals surface area contributed by atoms with Crippen molar-refractivity contribution in [1.29, 1.82) is 31.7 Å². The molecule has 1 aliphatic carbocycles. The molecule has 15 heteroatoms. The smallest absolute Gasteiger partial charge is 0.432 e. The molecule has 0 radical (unpaired) electrons. The molecule has 2 aliphatic heterocycles. The van der Waals surface area contributed by atoms with E-state index in [0.717, 1.165) is 12.2 Å². The highest BCUT2D eigenvalue weighted by molar-refractivity contribution is 6.32. The van der Waals surface area contributed by atoms with Crippen molar-refractivity contribution >= 4 is 17.5 Å². The van der Waals surface area contributed by atoms with Crippen LogP contribution in [0.25, 0.3) is 0 Å². The molecule has 0 aromatic carbocycles. The van der Waals surface area contributed by atoms with Gasteiger partial charge in [-0.2, -0.15) is 52.7 Å². The quantitative estimate of drug-likeness (QED) is 0.190. The summed E-state index contributed by atoms with van der Waals surface area (Å²) in [5.74, 6) is 0.0453. The first-order valence-electron chi connectivity index (χ1n) is 12.5. The summed E-state index contributed by atoms with van der Waals surface area (Å²) in [6.07, 6.45) is -5.14. The molecule has 0 amide bonds. The Labute approximate surface area is 257 Å². The third-order valence-electron chi connectivity index (χ3n) is 7.21. The van der Waals surface area contributed by atoms with Crippen LogP contribution < -0.4 is 0 Å². The van der Waals surface area contributed by atoms with Gasteiger partial charge in [0.2, 0.25) is 11.2 Å². The number of ether oxygens (including phenoxy) is 2. The van der Waals surface area contributed by atoms with Crippen LogP contribution in [0.3, 0.4) is 0 Å². The zero-order chi connectivity index (χ0) is 34.0. The summed E-state index contributed by atoms with van der Waals surface area (Å²) < 4.78 is 94.9. The minimum absolute atomic E-state index is 0.0287. The lowest BCUT2D eigenvalue weighted by Crippen LogP contribution is -2.43. The highest BCUT2D eigenvalue weighted by Gasteiger charge is 2.62. The molecule has 2 heterocycles. The number of hydrogen-bond acceptors (Lipinski definition) is 8. The second-order valence-corrected chi connectivity index (χ2v) is 10.2. The zero-order valence-corrected chi connectivity index (χ0v) is 23.9. The lowest BCUT2D eigenvalue weighted by Gasteiger charge is -2.29. The second-order valence-electron chi connectivity index (χ2n) is 9.82. The summed E-state index contributed by atoms with van der Waals surface area (Å²) >= 11 is 6.52. The molecule has 228 valence electrons. The van der Waals surface area contributed by atoms with Crippen LogP contribution in [0.5, 0.6) is 0 Å². The van der Waals surface area contributed by atoms with E-state index in [1.165, 1.54) is 30.4 Å². The number of allylic oxidation sites excluding steroid dienone is 9. The first kappa shape index (κ1) is 34.0. The Hall–Kier alpha value is -5.45. The number of nitrogens with zero attached hydrogens (tertiary/aromatic N) is 5. The third kappa shape index (κ3) is 5.76. The monoisotopic (exact) mass is 642 g/mol. The van der Waals surface area contributed by atoms with Crippen molar-refractivity contribution in [2.45, 2.75) is 56.7 Å². The number of alkyl halides is 6. The van der Waals surface area contributed by atoms with Crippen molar-refractivity contribution in [3.05, 3.63) is 85.4 Å². The van der Waals surface area contributed by atoms with E-state index in [4.69, 9.17) is 37.0 Å². The molecule has 2 atom stereocenters. The molecule has 0 aromatic rings. The first-order valence-corrected chi connectivity index (χ1v) is 12.9. The Morgan fingerprint density at radius 2 is 1.44 bits per heavy atom. The van der Waals surface area contributed by atoms with Crippen molar-refractivity contribution in [3.8, 4) is 30.3 Å². The second kappa shape index (κ2) is 12.3. The van der Waals surface area contributed by atoms with Crippen LogP contribution in [0.2, 0.25) is 0 Å². The molecular formula is C30H17ClF6N6O2. The van der Waals surface area contributed by atoms with E-state index in [2.05, 4.69) is 0 Å². The fourth-order valence-corrected chi connectivity index (χ4v) is 4.97. The van der Waals surface area contributed by atoms with Gasteiger partial charge in [-0.25, -0.2) is 0 Å². The van der Waals surface area contributed by atoms with Gasteiger partial charge in [-0.3, -0.25) is 5.41 Å². The van der Waals surface area contributed by atoms with Gasteiger partial charge in [0.15, 0.2) is 22.7 Å². The molecule has 0 saturated carbocycles. The molecule has 0 bridgehead atoms. The standard InChI is InChI=1S/C30H17ClF6N6O2/c1-27(29(32,33)34)22(20(14-42)25(44-27)18(10-38)11-39)8-6-16-4-3-5-17(24(16)31)7-9-23-21(15-43)26(19(12-40)13-41)45-28(23,2)30(35,36)37/h6-9,38H,3-5H2,1-2H3/b9-7+,16-6+,22-8+. The fourth-order valence-electron chi connectivity index (χ4n) is 4.66. The van der Waals surface area contributed by atoms with E-state index >= 15 is 0 Å². The molecule has 0 spiro atoms. The van der Waals surface area contributed by atoms with E-state index in [1.54, 1.807) is 18.0 Å². The largest absolute Gasteiger partial charge is 0.470 e. The fraction of sp³-hybridized carbons (Fsp3) is 0.300. The summed E-state index contributed by atoms with van der Waals surface area (Å²) in [4.78, 5) is 0. The number of halogens is 7. The van der Waals surface area contributed by atoms with Crippen molar-refractivity contribution < 1.29 is 35.8 Å². The Balaban J connectivity index is 2.20. The maximum atomic E-state index is 14.1. The molecule has 0 aromatic heterocycles. The van der Waals surface area contributed by atoms with Crippen molar-refractivity contribution in [1.82, 2.24) is 0 Å². The van der Waals surface area contributed by atoms with Gasteiger partial charge in [-0.05, 0) is 44.3 Å². The van der Waals surface area contributed by atoms with Crippen molar-refractivity contribution in [2.75, 3.05) is 0 Å². The highest BCUT2D eigenvalue weighted by Crippen LogP contribution is 2.51.